The van der Waals surface area contributed by atoms with Crippen LogP contribution in [0.25, 0.3) is 0 Å². The van der Waals surface area contributed by atoms with Crippen molar-refractivity contribution in [1.29, 1.82) is 0 Å². The van der Waals surface area contributed by atoms with Crippen LogP contribution < -0.4 is 4.74 Å². The molecule has 26 heavy (non-hydrogen) atoms. The predicted octanol–water partition coefficient (Wildman–Crippen LogP) is 3.48. The highest BCUT2D eigenvalue weighted by atomic mass is 79.9. The first-order valence-corrected chi connectivity index (χ1v) is 10.5. The Morgan fingerprint density at radius 2 is 1.81 bits per heavy atom. The summed E-state index contributed by atoms with van der Waals surface area (Å²) in [5.41, 5.74) is 0.993. The fourth-order valence-electron chi connectivity index (χ4n) is 2.48. The van der Waals surface area contributed by atoms with Gasteiger partial charge in [0.1, 0.15) is 6.10 Å². The van der Waals surface area contributed by atoms with Gasteiger partial charge in [0, 0.05) is 29.6 Å². The van der Waals surface area contributed by atoms with Crippen LogP contribution in [-0.2, 0) is 19.0 Å². The molecule has 0 spiro atoms. The van der Waals surface area contributed by atoms with Crippen LogP contribution in [0.4, 0.5) is 0 Å². The van der Waals surface area contributed by atoms with E-state index in [1.54, 1.807) is 18.3 Å². The first-order chi connectivity index (χ1) is 12.4. The van der Waals surface area contributed by atoms with E-state index in [1.807, 2.05) is 19.1 Å². The molecule has 0 amide bonds. The summed E-state index contributed by atoms with van der Waals surface area (Å²) in [7, 11) is -3.74. The van der Waals surface area contributed by atoms with Crippen LogP contribution >= 0.6 is 15.9 Å². The lowest BCUT2D eigenvalue weighted by Gasteiger charge is -2.34. The molecule has 1 saturated carbocycles. The van der Waals surface area contributed by atoms with Gasteiger partial charge < -0.3 is 9.47 Å². The molecule has 0 radical (unpaired) electrons. The van der Waals surface area contributed by atoms with Gasteiger partial charge >= 0.3 is 0 Å². The summed E-state index contributed by atoms with van der Waals surface area (Å²) in [5.74, 6) is 0.587. The maximum Gasteiger partial charge on any atom is 0.297 e. The molecule has 0 unspecified atom stereocenters. The van der Waals surface area contributed by atoms with Crippen LogP contribution in [0.15, 0.2) is 52.0 Å². The summed E-state index contributed by atoms with van der Waals surface area (Å²) < 4.78 is 41.3. The fourth-order valence-corrected chi connectivity index (χ4v) is 3.61. The van der Waals surface area contributed by atoms with E-state index in [0.29, 0.717) is 5.88 Å². The molecule has 1 fully saturated rings. The van der Waals surface area contributed by atoms with E-state index in [-0.39, 0.29) is 30.3 Å². The highest BCUT2D eigenvalue weighted by Crippen LogP contribution is 2.27. The van der Waals surface area contributed by atoms with Crippen molar-refractivity contribution in [1.82, 2.24) is 4.98 Å². The van der Waals surface area contributed by atoms with E-state index >= 15 is 0 Å². The SMILES string of the molecule is Cc1ccc(S(=O)(=O)OCCO[C@H]2C[C@H](Oc3ccc(Br)cn3)C2)cc1. The summed E-state index contributed by atoms with van der Waals surface area (Å²) in [6, 6.07) is 10.2. The molecule has 0 aliphatic heterocycles. The highest BCUT2D eigenvalue weighted by Gasteiger charge is 2.32. The van der Waals surface area contributed by atoms with Crippen molar-refractivity contribution in [2.75, 3.05) is 13.2 Å². The third kappa shape index (κ3) is 5.26. The van der Waals surface area contributed by atoms with E-state index in [9.17, 15) is 8.42 Å². The molecule has 8 heteroatoms. The number of nitrogens with zero attached hydrogens (tertiary/aromatic N) is 1. The average Bonchev–Trinajstić information content (AvgIpc) is 2.58. The lowest BCUT2D eigenvalue weighted by atomic mass is 9.92. The standard InChI is InChI=1S/C18H20BrNO5S/c1-13-2-5-17(6-3-13)26(21,22)24-9-8-23-15-10-16(11-15)25-18-7-4-14(19)12-20-18/h2-7,12,15-16H,8-11H2,1H3/t15-,16-. The molecular formula is C18H20BrNO5S. The Morgan fingerprint density at radius 3 is 2.46 bits per heavy atom. The molecule has 0 N–H and O–H groups in total. The molecule has 1 aliphatic rings. The first kappa shape index (κ1) is 19.3. The first-order valence-electron chi connectivity index (χ1n) is 8.28. The second-order valence-corrected chi connectivity index (χ2v) is 8.64. The second-order valence-electron chi connectivity index (χ2n) is 6.11. The molecule has 0 bridgehead atoms. The van der Waals surface area contributed by atoms with Gasteiger partial charge in [-0.3, -0.25) is 4.18 Å². The molecule has 1 heterocycles. The summed E-state index contributed by atoms with van der Waals surface area (Å²) in [6.07, 6.45) is 3.32. The van der Waals surface area contributed by atoms with Crippen LogP contribution in [0.5, 0.6) is 5.88 Å². The topological polar surface area (TPSA) is 74.7 Å². The van der Waals surface area contributed by atoms with Gasteiger partial charge in [0.25, 0.3) is 10.1 Å². The Balaban J connectivity index is 1.34. The quantitative estimate of drug-likeness (QED) is 0.460. The molecule has 0 saturated heterocycles. The Kier molecular flexibility index (Phi) is 6.29. The highest BCUT2D eigenvalue weighted by molar-refractivity contribution is 9.10. The lowest BCUT2D eigenvalue weighted by Crippen LogP contribution is -2.40. The number of hydrogen-bond donors (Lipinski definition) is 0. The number of pyridine rings is 1. The van der Waals surface area contributed by atoms with Crippen LogP contribution in [0.2, 0.25) is 0 Å². The Morgan fingerprint density at radius 1 is 1.08 bits per heavy atom. The number of aromatic nitrogens is 1. The third-order valence-electron chi connectivity index (χ3n) is 4.02. The molecule has 1 aromatic heterocycles. The average molecular weight is 442 g/mol. The monoisotopic (exact) mass is 441 g/mol. The van der Waals surface area contributed by atoms with E-state index in [1.165, 1.54) is 12.1 Å². The Bertz CT molecular complexity index is 818. The van der Waals surface area contributed by atoms with Crippen molar-refractivity contribution < 1.29 is 22.1 Å². The second kappa shape index (κ2) is 8.47. The van der Waals surface area contributed by atoms with E-state index in [2.05, 4.69) is 20.9 Å². The third-order valence-corrected chi connectivity index (χ3v) is 5.82. The van der Waals surface area contributed by atoms with Crippen molar-refractivity contribution in [3.8, 4) is 5.88 Å². The summed E-state index contributed by atoms with van der Waals surface area (Å²) in [6.45, 7) is 2.11. The Hall–Kier alpha value is -1.48. The number of hydrogen-bond acceptors (Lipinski definition) is 6. The minimum absolute atomic E-state index is 0.00744. The summed E-state index contributed by atoms with van der Waals surface area (Å²) in [5, 5.41) is 0. The fraction of sp³-hybridized carbons (Fsp3) is 0.389. The van der Waals surface area contributed by atoms with Gasteiger partial charge in [-0.1, -0.05) is 17.7 Å². The smallest absolute Gasteiger partial charge is 0.297 e. The molecule has 0 atom stereocenters. The van der Waals surface area contributed by atoms with Gasteiger partial charge in [-0.05, 0) is 41.1 Å². The molecule has 2 aromatic rings. The zero-order chi connectivity index (χ0) is 18.6. The van der Waals surface area contributed by atoms with Crippen LogP contribution in [0.3, 0.4) is 0 Å². The van der Waals surface area contributed by atoms with Gasteiger partial charge in [0.05, 0.1) is 24.2 Å². The van der Waals surface area contributed by atoms with Crippen LogP contribution in [0.1, 0.15) is 18.4 Å². The van der Waals surface area contributed by atoms with Gasteiger partial charge in [-0.15, -0.1) is 0 Å². The number of ether oxygens (including phenoxy) is 2. The number of rotatable bonds is 8. The lowest BCUT2D eigenvalue weighted by molar-refractivity contribution is -0.0677. The predicted molar refractivity (Wildman–Crippen MR) is 99.6 cm³/mol. The van der Waals surface area contributed by atoms with Crippen molar-refractivity contribution in [2.45, 2.75) is 36.9 Å². The molecule has 6 nitrogen and oxygen atoms in total. The van der Waals surface area contributed by atoms with E-state index in [4.69, 9.17) is 13.7 Å². The van der Waals surface area contributed by atoms with Crippen molar-refractivity contribution in [2.24, 2.45) is 0 Å². The van der Waals surface area contributed by atoms with Crippen molar-refractivity contribution in [3.05, 3.63) is 52.6 Å². The van der Waals surface area contributed by atoms with E-state index < -0.39 is 10.1 Å². The van der Waals surface area contributed by atoms with Gasteiger partial charge in [0.2, 0.25) is 5.88 Å². The van der Waals surface area contributed by atoms with Crippen molar-refractivity contribution >= 4 is 26.0 Å². The maximum absolute atomic E-state index is 12.0. The Labute approximate surface area is 161 Å². The summed E-state index contributed by atoms with van der Waals surface area (Å²) in [4.78, 5) is 4.32. The molecule has 1 aliphatic carbocycles. The molecule has 140 valence electrons. The maximum atomic E-state index is 12.0. The van der Waals surface area contributed by atoms with Crippen molar-refractivity contribution in [3.63, 3.8) is 0 Å². The van der Waals surface area contributed by atoms with E-state index in [0.717, 1.165) is 22.9 Å². The number of aryl methyl sites for hydroxylation is 1. The zero-order valence-corrected chi connectivity index (χ0v) is 16.7. The van der Waals surface area contributed by atoms with Gasteiger partial charge in [0.15, 0.2) is 0 Å². The molecule has 3 rings (SSSR count). The van der Waals surface area contributed by atoms with Crippen LogP contribution in [0, 0.1) is 6.92 Å². The normalized spacial score (nSPS) is 19.8. The largest absolute Gasteiger partial charge is 0.474 e. The van der Waals surface area contributed by atoms with Gasteiger partial charge in [-0.2, -0.15) is 8.42 Å². The number of benzene rings is 1. The molecular weight excluding hydrogens is 422 g/mol. The molecule has 1 aromatic carbocycles. The zero-order valence-electron chi connectivity index (χ0n) is 14.3. The van der Waals surface area contributed by atoms with Gasteiger partial charge in [-0.25, -0.2) is 4.98 Å². The van der Waals surface area contributed by atoms with Crippen LogP contribution in [-0.4, -0.2) is 38.8 Å². The minimum Gasteiger partial charge on any atom is -0.474 e. The summed E-state index contributed by atoms with van der Waals surface area (Å²) >= 11 is 3.33. The minimum atomic E-state index is -3.74. The number of halogens is 1.